The number of nitrogens with one attached hydrogen (secondary N) is 1. The van der Waals surface area contributed by atoms with Crippen molar-refractivity contribution >= 4 is 0 Å². The first kappa shape index (κ1) is 12.2. The highest BCUT2D eigenvalue weighted by Crippen LogP contribution is 2.28. The molecular formula is C14H24N4. The summed E-state index contributed by atoms with van der Waals surface area (Å²) in [7, 11) is 2.23. The van der Waals surface area contributed by atoms with Crippen molar-refractivity contribution < 1.29 is 0 Å². The first-order chi connectivity index (χ1) is 8.81. The molecule has 0 saturated carbocycles. The second-order valence-corrected chi connectivity index (χ2v) is 5.52. The van der Waals surface area contributed by atoms with Gasteiger partial charge in [0.05, 0.1) is 11.7 Å². The molecule has 4 nitrogen and oxygen atoms in total. The van der Waals surface area contributed by atoms with Crippen molar-refractivity contribution in [3.63, 3.8) is 0 Å². The van der Waals surface area contributed by atoms with Gasteiger partial charge in [0.1, 0.15) is 5.82 Å². The van der Waals surface area contributed by atoms with Crippen molar-refractivity contribution in [2.75, 3.05) is 26.7 Å². The Morgan fingerprint density at radius 3 is 3.00 bits per heavy atom. The SMILES string of the molecule is CCc1nc(C2CNCCN2C)c2n1CCCC2. The van der Waals surface area contributed by atoms with Gasteiger partial charge in [-0.15, -0.1) is 0 Å². The first-order valence-corrected chi connectivity index (χ1v) is 7.30. The van der Waals surface area contributed by atoms with Crippen LogP contribution in [0.2, 0.25) is 0 Å². The molecule has 1 aromatic heterocycles. The minimum Gasteiger partial charge on any atom is -0.332 e. The molecule has 1 saturated heterocycles. The van der Waals surface area contributed by atoms with Gasteiger partial charge in [0.2, 0.25) is 0 Å². The van der Waals surface area contributed by atoms with Gasteiger partial charge in [0.15, 0.2) is 0 Å². The number of aromatic nitrogens is 2. The van der Waals surface area contributed by atoms with E-state index in [4.69, 9.17) is 4.98 Å². The maximum absolute atomic E-state index is 4.97. The quantitative estimate of drug-likeness (QED) is 0.858. The lowest BCUT2D eigenvalue weighted by Gasteiger charge is -2.33. The standard InChI is InChI=1S/C14H24N4/c1-3-13-16-14(11-6-4-5-8-18(11)13)12-10-15-7-9-17(12)2/h12,15H,3-10H2,1-2H3. The average molecular weight is 248 g/mol. The minimum atomic E-state index is 0.471. The van der Waals surface area contributed by atoms with Crippen LogP contribution in [0.1, 0.15) is 43.0 Å². The molecule has 1 fully saturated rings. The molecule has 0 aliphatic carbocycles. The van der Waals surface area contributed by atoms with E-state index in [9.17, 15) is 0 Å². The molecule has 2 aliphatic heterocycles. The molecule has 0 radical (unpaired) electrons. The Hall–Kier alpha value is -0.870. The fourth-order valence-electron chi connectivity index (χ4n) is 3.30. The molecule has 1 N–H and O–H groups in total. The van der Waals surface area contributed by atoms with Crippen LogP contribution in [0.25, 0.3) is 0 Å². The largest absolute Gasteiger partial charge is 0.332 e. The molecule has 3 heterocycles. The fourth-order valence-corrected chi connectivity index (χ4v) is 3.30. The lowest BCUT2D eigenvalue weighted by Crippen LogP contribution is -2.44. The highest BCUT2D eigenvalue weighted by atomic mass is 15.2. The van der Waals surface area contributed by atoms with Crippen LogP contribution in [-0.4, -0.2) is 41.1 Å². The lowest BCUT2D eigenvalue weighted by molar-refractivity contribution is 0.197. The maximum Gasteiger partial charge on any atom is 0.108 e. The van der Waals surface area contributed by atoms with Crippen LogP contribution >= 0.6 is 0 Å². The van der Waals surface area contributed by atoms with Gasteiger partial charge in [0.25, 0.3) is 0 Å². The number of piperazine rings is 1. The maximum atomic E-state index is 4.97. The molecule has 1 aromatic rings. The zero-order chi connectivity index (χ0) is 12.5. The molecule has 1 atom stereocenters. The topological polar surface area (TPSA) is 33.1 Å². The molecule has 2 aliphatic rings. The predicted molar refractivity (Wildman–Crippen MR) is 72.8 cm³/mol. The highest BCUT2D eigenvalue weighted by molar-refractivity contribution is 5.23. The molecule has 0 aromatic carbocycles. The van der Waals surface area contributed by atoms with Gasteiger partial charge in [0, 0.05) is 38.3 Å². The summed E-state index contributed by atoms with van der Waals surface area (Å²) in [5.41, 5.74) is 2.86. The van der Waals surface area contributed by atoms with Gasteiger partial charge in [-0.25, -0.2) is 4.98 Å². The van der Waals surface area contributed by atoms with E-state index < -0.39 is 0 Å². The first-order valence-electron chi connectivity index (χ1n) is 7.30. The van der Waals surface area contributed by atoms with Gasteiger partial charge < -0.3 is 9.88 Å². The zero-order valence-electron chi connectivity index (χ0n) is 11.6. The Labute approximate surface area is 109 Å². The number of fused-ring (bicyclic) bond motifs is 1. The summed E-state index contributed by atoms with van der Waals surface area (Å²) in [6.45, 7) is 6.66. The van der Waals surface area contributed by atoms with Gasteiger partial charge in [-0.3, -0.25) is 4.90 Å². The molecule has 4 heteroatoms. The van der Waals surface area contributed by atoms with E-state index in [1.807, 2.05) is 0 Å². The Morgan fingerprint density at radius 1 is 1.33 bits per heavy atom. The molecule has 18 heavy (non-hydrogen) atoms. The van der Waals surface area contributed by atoms with Crippen LogP contribution in [-0.2, 0) is 19.4 Å². The third-order valence-electron chi connectivity index (χ3n) is 4.37. The Kier molecular flexibility index (Phi) is 3.39. The number of rotatable bonds is 2. The molecule has 3 rings (SSSR count). The van der Waals surface area contributed by atoms with Gasteiger partial charge >= 0.3 is 0 Å². The van der Waals surface area contributed by atoms with Crippen molar-refractivity contribution in [1.82, 2.24) is 19.8 Å². The summed E-state index contributed by atoms with van der Waals surface area (Å²) in [6, 6.07) is 0.471. The Bertz CT molecular complexity index is 424. The number of nitrogens with zero attached hydrogens (tertiary/aromatic N) is 3. The van der Waals surface area contributed by atoms with Crippen molar-refractivity contribution in [1.29, 1.82) is 0 Å². The predicted octanol–water partition coefficient (Wildman–Crippen LogP) is 1.36. The molecular weight excluding hydrogens is 224 g/mol. The number of aryl methyl sites for hydroxylation is 1. The van der Waals surface area contributed by atoms with Crippen molar-refractivity contribution in [2.45, 2.75) is 45.2 Å². The number of hydrogen-bond acceptors (Lipinski definition) is 3. The van der Waals surface area contributed by atoms with E-state index >= 15 is 0 Å². The summed E-state index contributed by atoms with van der Waals surface area (Å²) >= 11 is 0. The van der Waals surface area contributed by atoms with E-state index in [0.717, 1.165) is 26.1 Å². The van der Waals surface area contributed by atoms with Crippen LogP contribution in [0.5, 0.6) is 0 Å². The van der Waals surface area contributed by atoms with Gasteiger partial charge in [-0.2, -0.15) is 0 Å². The molecule has 100 valence electrons. The smallest absolute Gasteiger partial charge is 0.108 e. The second kappa shape index (κ2) is 5.02. The van der Waals surface area contributed by atoms with E-state index in [1.165, 1.54) is 43.0 Å². The van der Waals surface area contributed by atoms with E-state index in [2.05, 4.69) is 28.8 Å². The van der Waals surface area contributed by atoms with Crippen molar-refractivity contribution in [3.8, 4) is 0 Å². The summed E-state index contributed by atoms with van der Waals surface area (Å²) in [5.74, 6) is 1.29. The Balaban J connectivity index is 1.98. The Morgan fingerprint density at radius 2 is 2.22 bits per heavy atom. The normalized spacial score (nSPS) is 25.1. The third-order valence-corrected chi connectivity index (χ3v) is 4.37. The van der Waals surface area contributed by atoms with Gasteiger partial charge in [-0.05, 0) is 26.3 Å². The van der Waals surface area contributed by atoms with Crippen LogP contribution in [0.4, 0.5) is 0 Å². The molecule has 0 bridgehead atoms. The van der Waals surface area contributed by atoms with Crippen molar-refractivity contribution in [2.24, 2.45) is 0 Å². The monoisotopic (exact) mass is 248 g/mol. The number of likely N-dealkylation sites (N-methyl/N-ethyl adjacent to an activating group) is 1. The van der Waals surface area contributed by atoms with Gasteiger partial charge in [-0.1, -0.05) is 6.92 Å². The lowest BCUT2D eigenvalue weighted by atomic mass is 10.0. The minimum absolute atomic E-state index is 0.471. The summed E-state index contributed by atoms with van der Waals surface area (Å²) in [5, 5.41) is 3.51. The van der Waals surface area contributed by atoms with E-state index in [-0.39, 0.29) is 0 Å². The number of imidazole rings is 1. The highest BCUT2D eigenvalue weighted by Gasteiger charge is 2.28. The third kappa shape index (κ3) is 1.97. The van der Waals surface area contributed by atoms with Crippen LogP contribution in [0.15, 0.2) is 0 Å². The summed E-state index contributed by atoms with van der Waals surface area (Å²) < 4.78 is 2.49. The van der Waals surface area contributed by atoms with Crippen LogP contribution in [0.3, 0.4) is 0 Å². The molecule has 0 spiro atoms. The van der Waals surface area contributed by atoms with Crippen molar-refractivity contribution in [3.05, 3.63) is 17.2 Å². The summed E-state index contributed by atoms with van der Waals surface area (Å²) in [4.78, 5) is 7.42. The second-order valence-electron chi connectivity index (χ2n) is 5.52. The van der Waals surface area contributed by atoms with E-state index in [1.54, 1.807) is 0 Å². The average Bonchev–Trinajstić information content (AvgIpc) is 2.78. The number of hydrogen-bond donors (Lipinski definition) is 1. The zero-order valence-corrected chi connectivity index (χ0v) is 11.6. The fraction of sp³-hybridized carbons (Fsp3) is 0.786. The summed E-state index contributed by atoms with van der Waals surface area (Å²) in [6.07, 6.45) is 4.91. The van der Waals surface area contributed by atoms with Crippen LogP contribution in [0, 0.1) is 0 Å². The molecule has 0 amide bonds. The van der Waals surface area contributed by atoms with E-state index in [0.29, 0.717) is 6.04 Å². The molecule has 1 unspecified atom stereocenters. The van der Waals surface area contributed by atoms with Crippen LogP contribution < -0.4 is 5.32 Å².